The summed E-state index contributed by atoms with van der Waals surface area (Å²) in [6.07, 6.45) is 5.16. The van der Waals surface area contributed by atoms with Crippen molar-refractivity contribution < 1.29 is 4.74 Å². The molecule has 0 bridgehead atoms. The van der Waals surface area contributed by atoms with E-state index < -0.39 is 0 Å². The number of methoxy groups -OCH3 is 1. The number of likely N-dealkylation sites (tertiary alicyclic amines) is 1. The number of aryl methyl sites for hydroxylation is 1. The Labute approximate surface area is 115 Å². The first-order chi connectivity index (χ1) is 9.33. The number of hydrogen-bond donors (Lipinski definition) is 1. The highest BCUT2D eigenvalue weighted by molar-refractivity contribution is 5.40. The Balaban J connectivity index is 1.88. The summed E-state index contributed by atoms with van der Waals surface area (Å²) in [5.41, 5.74) is 2.92. The molecule has 0 spiro atoms. The first-order valence-electron chi connectivity index (χ1n) is 7.41. The van der Waals surface area contributed by atoms with Crippen LogP contribution in [0.25, 0.3) is 0 Å². The van der Waals surface area contributed by atoms with Gasteiger partial charge in [0.25, 0.3) is 0 Å². The highest BCUT2D eigenvalue weighted by atomic mass is 16.5. The average Bonchev–Trinajstić information content (AvgIpc) is 2.99. The first-order valence-corrected chi connectivity index (χ1v) is 7.41. The monoisotopic (exact) mass is 260 g/mol. The van der Waals surface area contributed by atoms with Gasteiger partial charge in [0.15, 0.2) is 0 Å². The highest BCUT2D eigenvalue weighted by Gasteiger charge is 2.33. The number of nitrogens with zero attached hydrogens (tertiary/aromatic N) is 1. The summed E-state index contributed by atoms with van der Waals surface area (Å²) in [7, 11) is 3.83. The zero-order chi connectivity index (χ0) is 13.2. The third kappa shape index (κ3) is 2.37. The molecular formula is C16H24N2O. The van der Waals surface area contributed by atoms with E-state index in [2.05, 4.69) is 35.5 Å². The highest BCUT2D eigenvalue weighted by Crippen LogP contribution is 2.35. The lowest BCUT2D eigenvalue weighted by molar-refractivity contribution is 0.176. The Morgan fingerprint density at radius 2 is 2.05 bits per heavy atom. The van der Waals surface area contributed by atoms with Crippen LogP contribution in [-0.4, -0.2) is 38.2 Å². The van der Waals surface area contributed by atoms with Crippen LogP contribution in [0.5, 0.6) is 5.75 Å². The minimum Gasteiger partial charge on any atom is -0.497 e. The van der Waals surface area contributed by atoms with Gasteiger partial charge in [-0.25, -0.2) is 0 Å². The van der Waals surface area contributed by atoms with Crippen molar-refractivity contribution in [2.75, 3.05) is 27.2 Å². The van der Waals surface area contributed by atoms with Crippen LogP contribution in [0.1, 0.15) is 36.4 Å². The maximum Gasteiger partial charge on any atom is 0.119 e. The van der Waals surface area contributed by atoms with Gasteiger partial charge in [-0.05, 0) is 69.1 Å². The Bertz CT molecular complexity index is 440. The molecular weight excluding hydrogens is 236 g/mol. The second-order valence-electron chi connectivity index (χ2n) is 5.68. The summed E-state index contributed by atoms with van der Waals surface area (Å²) in [5, 5.41) is 3.54. The molecule has 1 heterocycles. The van der Waals surface area contributed by atoms with Gasteiger partial charge in [-0.1, -0.05) is 6.07 Å². The van der Waals surface area contributed by atoms with Crippen molar-refractivity contribution in [3.63, 3.8) is 0 Å². The van der Waals surface area contributed by atoms with E-state index in [0.29, 0.717) is 12.1 Å². The van der Waals surface area contributed by atoms with Crippen LogP contribution in [0.15, 0.2) is 18.2 Å². The summed E-state index contributed by atoms with van der Waals surface area (Å²) >= 11 is 0. The number of nitrogens with one attached hydrogen (secondary N) is 1. The number of fused-ring (bicyclic) bond motifs is 1. The van der Waals surface area contributed by atoms with Gasteiger partial charge < -0.3 is 10.1 Å². The van der Waals surface area contributed by atoms with E-state index in [1.54, 1.807) is 7.11 Å². The quantitative estimate of drug-likeness (QED) is 0.903. The van der Waals surface area contributed by atoms with Crippen LogP contribution in [0.3, 0.4) is 0 Å². The van der Waals surface area contributed by atoms with E-state index in [4.69, 9.17) is 4.74 Å². The molecule has 1 aliphatic heterocycles. The van der Waals surface area contributed by atoms with Crippen LogP contribution in [0.2, 0.25) is 0 Å². The molecule has 2 atom stereocenters. The lowest BCUT2D eigenvalue weighted by atomic mass is 9.83. The first kappa shape index (κ1) is 12.9. The largest absolute Gasteiger partial charge is 0.497 e. The zero-order valence-corrected chi connectivity index (χ0v) is 12.0. The number of benzene rings is 1. The Kier molecular flexibility index (Phi) is 3.76. The van der Waals surface area contributed by atoms with Gasteiger partial charge in [0.05, 0.1) is 7.11 Å². The minimum absolute atomic E-state index is 0.466. The minimum atomic E-state index is 0.466. The van der Waals surface area contributed by atoms with Gasteiger partial charge in [-0.15, -0.1) is 0 Å². The van der Waals surface area contributed by atoms with Crippen LogP contribution in [0.4, 0.5) is 0 Å². The lowest BCUT2D eigenvalue weighted by Gasteiger charge is -2.39. The summed E-state index contributed by atoms with van der Waals surface area (Å²) in [6.45, 7) is 2.54. The number of likely N-dealkylation sites (N-methyl/N-ethyl adjacent to an activating group) is 1. The standard InChI is InChI=1S/C16H24N2O/c1-17-16-14-7-6-13(19-2)11-12(14)5-8-15(16)18-9-3-4-10-18/h6-7,11,15-17H,3-5,8-10H2,1-2H3/t15-,16-/m1/s1. The molecule has 3 heteroatoms. The average molecular weight is 260 g/mol. The SMILES string of the molecule is CN[C@@H]1c2ccc(OC)cc2CC[C@H]1N1CCCC1. The van der Waals surface area contributed by atoms with E-state index in [1.807, 2.05) is 0 Å². The fourth-order valence-corrected chi connectivity index (χ4v) is 3.72. The second-order valence-corrected chi connectivity index (χ2v) is 5.68. The normalized spacial score (nSPS) is 27.3. The predicted octanol–water partition coefficient (Wildman–Crippen LogP) is 2.37. The fraction of sp³-hybridized carbons (Fsp3) is 0.625. The molecule has 3 rings (SSSR count). The Hall–Kier alpha value is -1.06. The van der Waals surface area contributed by atoms with E-state index in [-0.39, 0.29) is 0 Å². The molecule has 0 radical (unpaired) electrons. The molecule has 0 amide bonds. The smallest absolute Gasteiger partial charge is 0.119 e. The third-order valence-electron chi connectivity index (χ3n) is 4.70. The maximum atomic E-state index is 5.34. The van der Waals surface area contributed by atoms with Gasteiger partial charge in [-0.2, -0.15) is 0 Å². The van der Waals surface area contributed by atoms with Crippen molar-refractivity contribution in [1.29, 1.82) is 0 Å². The van der Waals surface area contributed by atoms with Crippen molar-refractivity contribution in [1.82, 2.24) is 10.2 Å². The molecule has 1 aromatic carbocycles. The van der Waals surface area contributed by atoms with Crippen molar-refractivity contribution >= 4 is 0 Å². The van der Waals surface area contributed by atoms with Crippen molar-refractivity contribution in [3.8, 4) is 5.75 Å². The Morgan fingerprint density at radius 1 is 1.26 bits per heavy atom. The summed E-state index contributed by atoms with van der Waals surface area (Å²) < 4.78 is 5.34. The molecule has 1 aliphatic carbocycles. The molecule has 1 fully saturated rings. The molecule has 1 saturated heterocycles. The molecule has 104 valence electrons. The molecule has 2 aliphatic rings. The number of hydrogen-bond acceptors (Lipinski definition) is 3. The van der Waals surface area contributed by atoms with Crippen molar-refractivity contribution in [3.05, 3.63) is 29.3 Å². The molecule has 19 heavy (non-hydrogen) atoms. The number of rotatable bonds is 3. The molecule has 1 aromatic rings. The zero-order valence-electron chi connectivity index (χ0n) is 12.0. The predicted molar refractivity (Wildman–Crippen MR) is 77.7 cm³/mol. The maximum absolute atomic E-state index is 5.34. The topological polar surface area (TPSA) is 24.5 Å². The fourth-order valence-electron chi connectivity index (χ4n) is 3.72. The molecule has 0 saturated carbocycles. The van der Waals surface area contributed by atoms with Gasteiger partial charge in [0.2, 0.25) is 0 Å². The van der Waals surface area contributed by atoms with E-state index in [9.17, 15) is 0 Å². The van der Waals surface area contributed by atoms with E-state index in [0.717, 1.165) is 5.75 Å². The summed E-state index contributed by atoms with van der Waals surface area (Å²) in [6, 6.07) is 7.67. The molecule has 0 unspecified atom stereocenters. The molecule has 0 aromatic heterocycles. The van der Waals surface area contributed by atoms with Crippen LogP contribution in [0, 0.1) is 0 Å². The van der Waals surface area contributed by atoms with Crippen LogP contribution < -0.4 is 10.1 Å². The molecule has 1 N–H and O–H groups in total. The second kappa shape index (κ2) is 5.51. The van der Waals surface area contributed by atoms with E-state index in [1.165, 1.54) is 49.9 Å². The summed E-state index contributed by atoms with van der Waals surface area (Å²) in [5.74, 6) is 0.980. The third-order valence-corrected chi connectivity index (χ3v) is 4.70. The van der Waals surface area contributed by atoms with Crippen molar-refractivity contribution in [2.24, 2.45) is 0 Å². The lowest BCUT2D eigenvalue weighted by Crippen LogP contribution is -2.45. The van der Waals surface area contributed by atoms with Gasteiger partial charge in [0.1, 0.15) is 5.75 Å². The van der Waals surface area contributed by atoms with Crippen molar-refractivity contribution in [2.45, 2.75) is 37.8 Å². The van der Waals surface area contributed by atoms with Gasteiger partial charge >= 0.3 is 0 Å². The summed E-state index contributed by atoms with van der Waals surface area (Å²) in [4.78, 5) is 2.67. The van der Waals surface area contributed by atoms with Crippen LogP contribution in [-0.2, 0) is 6.42 Å². The van der Waals surface area contributed by atoms with Gasteiger partial charge in [-0.3, -0.25) is 4.90 Å². The Morgan fingerprint density at radius 3 is 2.74 bits per heavy atom. The molecule has 3 nitrogen and oxygen atoms in total. The van der Waals surface area contributed by atoms with Crippen LogP contribution >= 0.6 is 0 Å². The number of ether oxygens (including phenoxy) is 1. The van der Waals surface area contributed by atoms with Gasteiger partial charge in [0, 0.05) is 12.1 Å². The van der Waals surface area contributed by atoms with E-state index >= 15 is 0 Å².